The van der Waals surface area contributed by atoms with Crippen LogP contribution >= 0.6 is 11.8 Å². The summed E-state index contributed by atoms with van der Waals surface area (Å²) < 4.78 is 0. The lowest BCUT2D eigenvalue weighted by Crippen LogP contribution is -2.34. The highest BCUT2D eigenvalue weighted by Crippen LogP contribution is 2.15. The van der Waals surface area contributed by atoms with Gasteiger partial charge in [0.05, 0.1) is 5.92 Å². The van der Waals surface area contributed by atoms with Gasteiger partial charge in [0.2, 0.25) is 5.91 Å². The van der Waals surface area contributed by atoms with Crippen molar-refractivity contribution >= 4 is 23.4 Å². The Morgan fingerprint density at radius 1 is 1.27 bits per heavy atom. The van der Waals surface area contributed by atoms with E-state index in [4.69, 9.17) is 0 Å². The minimum absolute atomic E-state index is 0.122. The van der Waals surface area contributed by atoms with Crippen LogP contribution in [0.15, 0.2) is 24.3 Å². The molecule has 1 atom stereocenters. The van der Waals surface area contributed by atoms with E-state index in [1.807, 2.05) is 12.1 Å². The van der Waals surface area contributed by atoms with E-state index in [1.54, 1.807) is 0 Å². The van der Waals surface area contributed by atoms with Gasteiger partial charge in [0, 0.05) is 43.4 Å². The first-order chi connectivity index (χ1) is 10.8. The Bertz CT molecular complexity index is 479. The Hall–Kier alpha value is -1.04. The molecule has 2 aliphatic rings. The van der Waals surface area contributed by atoms with E-state index in [0.717, 1.165) is 38.2 Å². The fourth-order valence-electron chi connectivity index (χ4n) is 2.99. The molecule has 1 aromatic rings. The second kappa shape index (κ2) is 7.99. The van der Waals surface area contributed by atoms with E-state index in [2.05, 4.69) is 39.4 Å². The van der Waals surface area contributed by atoms with Crippen LogP contribution < -0.4 is 10.6 Å². The van der Waals surface area contributed by atoms with Crippen LogP contribution in [0.5, 0.6) is 0 Å². The molecule has 0 radical (unpaired) electrons. The lowest BCUT2D eigenvalue weighted by atomic mass is 10.1. The zero-order valence-electron chi connectivity index (χ0n) is 13.0. The number of nitrogens with zero attached hydrogens (tertiary/aromatic N) is 1. The standard InChI is InChI=1S/C17H25N3OS/c21-17(15-5-7-18-13-15)19-16-3-1-14(2-4-16)6-8-20-9-11-22-12-10-20/h1-4,15,18H,5-13H2,(H,19,21). The van der Waals surface area contributed by atoms with Gasteiger partial charge in [-0.3, -0.25) is 4.79 Å². The van der Waals surface area contributed by atoms with E-state index in [-0.39, 0.29) is 11.8 Å². The quantitative estimate of drug-likeness (QED) is 0.869. The second-order valence-corrected chi connectivity index (χ2v) is 7.30. The Morgan fingerprint density at radius 3 is 2.73 bits per heavy atom. The molecule has 0 aromatic heterocycles. The van der Waals surface area contributed by atoms with Gasteiger partial charge < -0.3 is 15.5 Å². The molecule has 1 amide bonds. The van der Waals surface area contributed by atoms with E-state index in [9.17, 15) is 4.79 Å². The molecular weight excluding hydrogens is 294 g/mol. The molecule has 0 saturated carbocycles. The average Bonchev–Trinajstić information content (AvgIpc) is 3.10. The normalized spacial score (nSPS) is 22.6. The lowest BCUT2D eigenvalue weighted by Gasteiger charge is -2.26. The van der Waals surface area contributed by atoms with Gasteiger partial charge in [-0.1, -0.05) is 12.1 Å². The van der Waals surface area contributed by atoms with Crippen molar-refractivity contribution in [3.05, 3.63) is 29.8 Å². The van der Waals surface area contributed by atoms with Gasteiger partial charge in [0.25, 0.3) is 0 Å². The third-order valence-corrected chi connectivity index (χ3v) is 5.42. The molecule has 2 aliphatic heterocycles. The number of amides is 1. The minimum atomic E-state index is 0.122. The third kappa shape index (κ3) is 4.48. The van der Waals surface area contributed by atoms with Crippen molar-refractivity contribution in [1.29, 1.82) is 0 Å². The lowest BCUT2D eigenvalue weighted by molar-refractivity contribution is -0.119. The van der Waals surface area contributed by atoms with Crippen LogP contribution in [0.25, 0.3) is 0 Å². The summed E-state index contributed by atoms with van der Waals surface area (Å²) in [7, 11) is 0. The maximum absolute atomic E-state index is 12.1. The summed E-state index contributed by atoms with van der Waals surface area (Å²) in [5, 5.41) is 6.25. The molecule has 120 valence electrons. The number of carbonyl (C=O) groups is 1. The Labute approximate surface area is 137 Å². The molecule has 0 spiro atoms. The molecule has 1 aromatic carbocycles. The molecule has 2 fully saturated rings. The molecule has 3 rings (SSSR count). The zero-order valence-corrected chi connectivity index (χ0v) is 13.8. The first kappa shape index (κ1) is 15.8. The van der Waals surface area contributed by atoms with Crippen LogP contribution in [0.4, 0.5) is 5.69 Å². The number of nitrogens with one attached hydrogen (secondary N) is 2. The fraction of sp³-hybridized carbons (Fsp3) is 0.588. The number of hydrogen-bond donors (Lipinski definition) is 2. The summed E-state index contributed by atoms with van der Waals surface area (Å²) in [5.41, 5.74) is 2.26. The van der Waals surface area contributed by atoms with Gasteiger partial charge in [0.15, 0.2) is 0 Å². The molecule has 0 aliphatic carbocycles. The molecule has 2 saturated heterocycles. The molecule has 5 heteroatoms. The Balaban J connectivity index is 1.46. The van der Waals surface area contributed by atoms with E-state index in [0.29, 0.717) is 0 Å². The molecule has 0 bridgehead atoms. The van der Waals surface area contributed by atoms with Crippen molar-refractivity contribution in [1.82, 2.24) is 10.2 Å². The first-order valence-electron chi connectivity index (χ1n) is 8.22. The van der Waals surface area contributed by atoms with Crippen molar-refractivity contribution in [2.24, 2.45) is 5.92 Å². The highest BCUT2D eigenvalue weighted by molar-refractivity contribution is 7.99. The van der Waals surface area contributed by atoms with E-state index < -0.39 is 0 Å². The predicted octanol–water partition coefficient (Wildman–Crippen LogP) is 1.83. The van der Waals surface area contributed by atoms with Gasteiger partial charge in [0.1, 0.15) is 0 Å². The van der Waals surface area contributed by atoms with Crippen LogP contribution in [0.3, 0.4) is 0 Å². The molecule has 2 heterocycles. The predicted molar refractivity (Wildman–Crippen MR) is 93.5 cm³/mol. The van der Waals surface area contributed by atoms with Crippen LogP contribution in [-0.4, -0.2) is 55.0 Å². The highest BCUT2D eigenvalue weighted by atomic mass is 32.2. The Kier molecular flexibility index (Phi) is 5.76. The topological polar surface area (TPSA) is 44.4 Å². The SMILES string of the molecule is O=C(Nc1ccc(CCN2CCSCC2)cc1)C1CCNC1. The summed E-state index contributed by atoms with van der Waals surface area (Å²) in [6, 6.07) is 8.34. The number of carbonyl (C=O) groups excluding carboxylic acids is 1. The minimum Gasteiger partial charge on any atom is -0.326 e. The largest absolute Gasteiger partial charge is 0.326 e. The van der Waals surface area contributed by atoms with Crippen LogP contribution in [-0.2, 0) is 11.2 Å². The number of hydrogen-bond acceptors (Lipinski definition) is 4. The molecule has 1 unspecified atom stereocenters. The maximum Gasteiger partial charge on any atom is 0.228 e. The van der Waals surface area contributed by atoms with Gasteiger partial charge in [-0.2, -0.15) is 11.8 Å². The zero-order chi connectivity index (χ0) is 15.2. The van der Waals surface area contributed by atoms with Crippen molar-refractivity contribution in [2.75, 3.05) is 49.5 Å². The molecule has 4 nitrogen and oxygen atoms in total. The first-order valence-corrected chi connectivity index (χ1v) is 9.37. The number of benzene rings is 1. The smallest absolute Gasteiger partial charge is 0.228 e. The Morgan fingerprint density at radius 2 is 2.05 bits per heavy atom. The molecular formula is C17H25N3OS. The van der Waals surface area contributed by atoms with Crippen molar-refractivity contribution in [2.45, 2.75) is 12.8 Å². The second-order valence-electron chi connectivity index (χ2n) is 6.08. The van der Waals surface area contributed by atoms with Crippen molar-refractivity contribution < 1.29 is 4.79 Å². The van der Waals surface area contributed by atoms with E-state index in [1.165, 1.54) is 30.2 Å². The monoisotopic (exact) mass is 319 g/mol. The van der Waals surface area contributed by atoms with Gasteiger partial charge in [-0.15, -0.1) is 0 Å². The van der Waals surface area contributed by atoms with Gasteiger partial charge in [-0.25, -0.2) is 0 Å². The van der Waals surface area contributed by atoms with E-state index >= 15 is 0 Å². The number of rotatable bonds is 5. The van der Waals surface area contributed by atoms with Crippen LogP contribution in [0.1, 0.15) is 12.0 Å². The molecule has 2 N–H and O–H groups in total. The van der Waals surface area contributed by atoms with Crippen molar-refractivity contribution in [3.8, 4) is 0 Å². The van der Waals surface area contributed by atoms with Crippen LogP contribution in [0, 0.1) is 5.92 Å². The summed E-state index contributed by atoms with van der Waals surface area (Å²) in [5.74, 6) is 2.79. The maximum atomic E-state index is 12.1. The van der Waals surface area contributed by atoms with Gasteiger partial charge in [-0.05, 0) is 37.1 Å². The fourth-order valence-corrected chi connectivity index (χ4v) is 3.97. The number of anilines is 1. The summed E-state index contributed by atoms with van der Waals surface area (Å²) in [6.45, 7) is 5.33. The van der Waals surface area contributed by atoms with Gasteiger partial charge >= 0.3 is 0 Å². The summed E-state index contributed by atoms with van der Waals surface area (Å²) in [6.07, 6.45) is 2.03. The molecule has 22 heavy (non-hydrogen) atoms. The summed E-state index contributed by atoms with van der Waals surface area (Å²) >= 11 is 2.05. The highest BCUT2D eigenvalue weighted by Gasteiger charge is 2.22. The van der Waals surface area contributed by atoms with Crippen molar-refractivity contribution in [3.63, 3.8) is 0 Å². The third-order valence-electron chi connectivity index (χ3n) is 4.47. The number of thioether (sulfide) groups is 1. The summed E-state index contributed by atoms with van der Waals surface area (Å²) in [4.78, 5) is 14.6. The average molecular weight is 319 g/mol. The van der Waals surface area contributed by atoms with Crippen LogP contribution in [0.2, 0.25) is 0 Å².